The summed E-state index contributed by atoms with van der Waals surface area (Å²) in [6.45, 7) is -1.58. The van der Waals surface area contributed by atoms with Gasteiger partial charge < -0.3 is 30.2 Å². The topological polar surface area (TPSA) is 162 Å². The molecule has 12 nitrogen and oxygen atoms in total. The van der Waals surface area contributed by atoms with E-state index in [0.29, 0.717) is 10.0 Å². The Morgan fingerprint density at radius 1 is 0.500 bits per heavy atom. The van der Waals surface area contributed by atoms with Crippen LogP contribution in [0.1, 0.15) is 0 Å². The molecule has 22 heavy (non-hydrogen) atoms. The number of hydrazine groups is 1. The molecule has 1 aliphatic rings. The van der Waals surface area contributed by atoms with Crippen molar-refractivity contribution in [1.29, 1.82) is 0 Å². The van der Waals surface area contributed by atoms with Gasteiger partial charge in [0.25, 0.3) is 0 Å². The van der Waals surface area contributed by atoms with E-state index in [1.54, 1.807) is 0 Å². The number of carbonyl (C=O) groups is 4. The van der Waals surface area contributed by atoms with Gasteiger partial charge in [0.15, 0.2) is 0 Å². The van der Waals surface area contributed by atoms with Crippen LogP contribution in [0.3, 0.4) is 0 Å². The summed E-state index contributed by atoms with van der Waals surface area (Å²) in [4.78, 5) is 46.1. The minimum atomic E-state index is -1.57. The lowest BCUT2D eigenvalue weighted by molar-refractivity contribution is -0.0114. The number of rotatable bonds is 0. The van der Waals surface area contributed by atoms with Crippen LogP contribution in [0.5, 0.6) is 0 Å². The third kappa shape index (κ3) is 4.29. The number of hydrogen-bond acceptors (Lipinski definition) is 4. The lowest BCUT2D eigenvalue weighted by Crippen LogP contribution is -2.56. The number of nitrogens with zero attached hydrogens (tertiary/aromatic N) is 4. The van der Waals surface area contributed by atoms with E-state index < -0.39 is 24.4 Å². The summed E-state index contributed by atoms with van der Waals surface area (Å²) in [5, 5.41) is 37.0. The quantitative estimate of drug-likeness (QED) is 0.478. The Labute approximate surface area is 124 Å². The Morgan fingerprint density at radius 2 is 0.773 bits per heavy atom. The Kier molecular flexibility index (Phi) is 5.60. The van der Waals surface area contributed by atoms with Gasteiger partial charge in [-0.25, -0.2) is 29.2 Å². The molecule has 124 valence electrons. The first-order valence-corrected chi connectivity index (χ1v) is 6.20. The molecule has 0 saturated carbocycles. The highest BCUT2D eigenvalue weighted by Crippen LogP contribution is 2.06. The maximum absolute atomic E-state index is 11.1. The molecule has 0 atom stereocenters. The molecule has 0 unspecified atom stereocenters. The molecular weight excluding hydrogens is 304 g/mol. The first kappa shape index (κ1) is 17.1. The van der Waals surface area contributed by atoms with Crippen molar-refractivity contribution in [3.05, 3.63) is 0 Å². The van der Waals surface area contributed by atoms with Crippen molar-refractivity contribution in [3.8, 4) is 0 Å². The van der Waals surface area contributed by atoms with Crippen LogP contribution >= 0.6 is 0 Å². The van der Waals surface area contributed by atoms with Gasteiger partial charge in [-0.2, -0.15) is 0 Å². The normalized spacial score (nSPS) is 17.1. The van der Waals surface area contributed by atoms with E-state index >= 15 is 0 Å². The first-order chi connectivity index (χ1) is 10.2. The number of hydrogen-bond donors (Lipinski definition) is 4. The Bertz CT molecular complexity index is 428. The van der Waals surface area contributed by atoms with Gasteiger partial charge in [0, 0.05) is 26.2 Å². The van der Waals surface area contributed by atoms with Gasteiger partial charge in [0.1, 0.15) is 0 Å². The highest BCUT2D eigenvalue weighted by Gasteiger charge is 2.29. The molecule has 0 radical (unpaired) electrons. The molecule has 0 spiro atoms. The molecule has 1 saturated heterocycles. The van der Waals surface area contributed by atoms with Crippen LogP contribution in [0.15, 0.2) is 0 Å². The van der Waals surface area contributed by atoms with E-state index in [0.717, 1.165) is 9.80 Å². The molecule has 0 aromatic carbocycles. The Morgan fingerprint density at radius 3 is 1.00 bits per heavy atom. The van der Waals surface area contributed by atoms with Crippen molar-refractivity contribution >= 4 is 24.4 Å². The fourth-order valence-electron chi connectivity index (χ4n) is 1.92. The van der Waals surface area contributed by atoms with Crippen molar-refractivity contribution in [3.63, 3.8) is 0 Å². The predicted molar refractivity (Wildman–Crippen MR) is 68.7 cm³/mol. The SMILES string of the molecule is O=C(O)N1CCN(C(=O)O)CCN(C(=O)O)N(C(=O)O)CC1. The van der Waals surface area contributed by atoms with E-state index in [2.05, 4.69) is 0 Å². The third-order valence-corrected chi connectivity index (χ3v) is 3.08. The summed E-state index contributed by atoms with van der Waals surface area (Å²) >= 11 is 0. The zero-order valence-electron chi connectivity index (χ0n) is 11.5. The van der Waals surface area contributed by atoms with Crippen LogP contribution in [0.2, 0.25) is 0 Å². The van der Waals surface area contributed by atoms with E-state index in [1.165, 1.54) is 0 Å². The highest BCUT2D eigenvalue weighted by atomic mass is 16.4. The first-order valence-electron chi connectivity index (χ1n) is 6.20. The molecule has 0 aromatic rings. The highest BCUT2D eigenvalue weighted by molar-refractivity contribution is 5.72. The van der Waals surface area contributed by atoms with Gasteiger partial charge in [-0.15, -0.1) is 0 Å². The molecule has 1 fully saturated rings. The van der Waals surface area contributed by atoms with Crippen LogP contribution in [0, 0.1) is 0 Å². The van der Waals surface area contributed by atoms with Gasteiger partial charge in [-0.1, -0.05) is 0 Å². The summed E-state index contributed by atoms with van der Waals surface area (Å²) in [6, 6.07) is 0. The minimum absolute atomic E-state index is 0.137. The molecule has 1 rings (SSSR count). The maximum atomic E-state index is 11.1. The zero-order valence-corrected chi connectivity index (χ0v) is 11.5. The summed E-state index contributed by atoms with van der Waals surface area (Å²) in [5.41, 5.74) is 0. The lowest BCUT2D eigenvalue weighted by Gasteiger charge is -2.35. The van der Waals surface area contributed by atoms with Gasteiger partial charge in [0.05, 0.1) is 13.1 Å². The van der Waals surface area contributed by atoms with Crippen molar-refractivity contribution in [2.24, 2.45) is 0 Å². The van der Waals surface area contributed by atoms with E-state index in [9.17, 15) is 19.2 Å². The van der Waals surface area contributed by atoms with Crippen molar-refractivity contribution in [2.45, 2.75) is 0 Å². The predicted octanol–water partition coefficient (Wildman–Crippen LogP) is -0.165. The molecule has 0 bridgehead atoms. The molecule has 4 amide bonds. The van der Waals surface area contributed by atoms with Gasteiger partial charge in [-0.3, -0.25) is 0 Å². The molecule has 0 aromatic heterocycles. The standard InChI is InChI=1S/C10H16N4O8/c15-7(16)11-1-2-12(8(17)18)4-6-14(10(21)22)13(5-3-11)9(19)20/h1-6H2,(H,15,16)(H,17,18)(H,19,20)(H,21,22). The average molecular weight is 320 g/mol. The molecule has 12 heteroatoms. The van der Waals surface area contributed by atoms with Crippen LogP contribution < -0.4 is 0 Å². The van der Waals surface area contributed by atoms with Crippen LogP contribution in [0.25, 0.3) is 0 Å². The summed E-state index contributed by atoms with van der Waals surface area (Å²) in [7, 11) is 0. The fourth-order valence-corrected chi connectivity index (χ4v) is 1.92. The third-order valence-electron chi connectivity index (χ3n) is 3.08. The van der Waals surface area contributed by atoms with Crippen molar-refractivity contribution in [1.82, 2.24) is 19.8 Å². The van der Waals surface area contributed by atoms with Crippen LogP contribution in [0.4, 0.5) is 19.2 Å². The van der Waals surface area contributed by atoms with Gasteiger partial charge in [0.2, 0.25) is 0 Å². The Balaban J connectivity index is 3.02. The maximum Gasteiger partial charge on any atom is 0.426 e. The summed E-state index contributed by atoms with van der Waals surface area (Å²) in [5.74, 6) is 0. The molecule has 4 N–H and O–H groups in total. The summed E-state index contributed by atoms with van der Waals surface area (Å²) in [6.07, 6.45) is -5.85. The van der Waals surface area contributed by atoms with Crippen molar-refractivity contribution < 1.29 is 39.6 Å². The van der Waals surface area contributed by atoms with Gasteiger partial charge in [-0.05, 0) is 0 Å². The second kappa shape index (κ2) is 7.19. The zero-order chi connectivity index (χ0) is 16.9. The smallest absolute Gasteiger partial charge is 0.426 e. The largest absolute Gasteiger partial charge is 0.465 e. The second-order valence-corrected chi connectivity index (χ2v) is 4.35. The van der Waals surface area contributed by atoms with E-state index in [1.807, 2.05) is 0 Å². The van der Waals surface area contributed by atoms with E-state index in [4.69, 9.17) is 20.4 Å². The lowest BCUT2D eigenvalue weighted by atomic mass is 10.4. The average Bonchev–Trinajstić information content (AvgIpc) is 2.41. The molecule has 0 aliphatic carbocycles. The fraction of sp³-hybridized carbons (Fsp3) is 0.600. The Hall–Kier alpha value is -2.92. The summed E-state index contributed by atoms with van der Waals surface area (Å²) < 4.78 is 0. The van der Waals surface area contributed by atoms with Gasteiger partial charge >= 0.3 is 24.4 Å². The monoisotopic (exact) mass is 320 g/mol. The molecular formula is C10H16N4O8. The van der Waals surface area contributed by atoms with E-state index in [-0.39, 0.29) is 39.3 Å². The molecule has 1 heterocycles. The number of amides is 4. The van der Waals surface area contributed by atoms with Crippen LogP contribution in [-0.4, -0.2) is 104 Å². The minimum Gasteiger partial charge on any atom is -0.465 e. The van der Waals surface area contributed by atoms with Crippen LogP contribution in [-0.2, 0) is 0 Å². The van der Waals surface area contributed by atoms with Crippen molar-refractivity contribution in [2.75, 3.05) is 39.3 Å². The second-order valence-electron chi connectivity index (χ2n) is 4.35. The number of carboxylic acid groups (broad SMARTS) is 4. The molecule has 1 aliphatic heterocycles.